The van der Waals surface area contributed by atoms with E-state index in [0.717, 1.165) is 18.5 Å². The van der Waals surface area contributed by atoms with Crippen LogP contribution in [0.2, 0.25) is 0 Å². The predicted octanol–water partition coefficient (Wildman–Crippen LogP) is 4.00. The lowest BCUT2D eigenvalue weighted by atomic mass is 9.93. The minimum atomic E-state index is 0.660. The monoisotopic (exact) mass is 286 g/mol. The highest BCUT2D eigenvalue weighted by Crippen LogP contribution is 2.34. The van der Waals surface area contributed by atoms with Gasteiger partial charge in [-0.2, -0.15) is 0 Å². The van der Waals surface area contributed by atoms with Crippen molar-refractivity contribution in [3.8, 4) is 0 Å². The van der Waals surface area contributed by atoms with E-state index in [1.165, 1.54) is 50.8 Å². The lowest BCUT2D eigenvalue weighted by Crippen LogP contribution is -2.43. The summed E-state index contributed by atoms with van der Waals surface area (Å²) in [6.45, 7) is 6.97. The van der Waals surface area contributed by atoms with E-state index in [4.69, 9.17) is 0 Å². The van der Waals surface area contributed by atoms with E-state index in [-0.39, 0.29) is 0 Å². The minimum Gasteiger partial charge on any atom is -0.368 e. The topological polar surface area (TPSA) is 15.3 Å². The molecule has 1 aliphatic carbocycles. The van der Waals surface area contributed by atoms with Crippen molar-refractivity contribution in [2.75, 3.05) is 18.0 Å². The Morgan fingerprint density at radius 2 is 1.95 bits per heavy atom. The molecular formula is C19H30N2. The van der Waals surface area contributed by atoms with Gasteiger partial charge in [0.1, 0.15) is 0 Å². The molecule has 0 amide bonds. The average Bonchev–Trinajstić information content (AvgIpc) is 2.66. The smallest absolute Gasteiger partial charge is 0.0402 e. The molecule has 116 valence electrons. The van der Waals surface area contributed by atoms with Gasteiger partial charge in [0.2, 0.25) is 0 Å². The lowest BCUT2D eigenvalue weighted by molar-refractivity contribution is 0.335. The van der Waals surface area contributed by atoms with Crippen LogP contribution in [0, 0.1) is 5.92 Å². The third-order valence-electron chi connectivity index (χ3n) is 5.41. The largest absolute Gasteiger partial charge is 0.368 e. The van der Waals surface area contributed by atoms with Gasteiger partial charge in [-0.25, -0.2) is 0 Å². The van der Waals surface area contributed by atoms with E-state index in [0.29, 0.717) is 6.04 Å². The van der Waals surface area contributed by atoms with E-state index in [1.807, 2.05) is 0 Å². The van der Waals surface area contributed by atoms with Crippen molar-refractivity contribution in [1.29, 1.82) is 0 Å². The molecule has 21 heavy (non-hydrogen) atoms. The van der Waals surface area contributed by atoms with Crippen molar-refractivity contribution in [1.82, 2.24) is 5.32 Å². The summed E-state index contributed by atoms with van der Waals surface area (Å²) in [6, 6.07) is 10.4. The molecule has 1 N–H and O–H groups in total. The lowest BCUT2D eigenvalue weighted by Gasteiger charge is -2.33. The van der Waals surface area contributed by atoms with Crippen LogP contribution >= 0.6 is 0 Å². The maximum Gasteiger partial charge on any atom is 0.0402 e. The van der Waals surface area contributed by atoms with Gasteiger partial charge in [-0.05, 0) is 50.3 Å². The van der Waals surface area contributed by atoms with Crippen molar-refractivity contribution in [3.05, 3.63) is 29.8 Å². The van der Waals surface area contributed by atoms with Gasteiger partial charge in [-0.15, -0.1) is 0 Å². The van der Waals surface area contributed by atoms with Gasteiger partial charge in [-0.1, -0.05) is 44.4 Å². The quantitative estimate of drug-likeness (QED) is 0.842. The van der Waals surface area contributed by atoms with Gasteiger partial charge in [0, 0.05) is 24.3 Å². The zero-order valence-electron chi connectivity index (χ0n) is 13.6. The van der Waals surface area contributed by atoms with Crippen molar-refractivity contribution in [2.45, 2.75) is 64.5 Å². The van der Waals surface area contributed by atoms with E-state index in [2.05, 4.69) is 48.3 Å². The van der Waals surface area contributed by atoms with Gasteiger partial charge in [0.15, 0.2) is 0 Å². The van der Waals surface area contributed by atoms with E-state index in [9.17, 15) is 0 Å². The number of hydrogen-bond acceptors (Lipinski definition) is 2. The Kier molecular flexibility index (Phi) is 4.84. The number of rotatable bonds is 4. The summed E-state index contributed by atoms with van der Waals surface area (Å²) >= 11 is 0. The molecule has 0 radical (unpaired) electrons. The van der Waals surface area contributed by atoms with Crippen molar-refractivity contribution in [2.24, 2.45) is 5.92 Å². The standard InChI is InChI=1S/C19H30N2/c1-3-20-18-11-6-4-5-10-17(18)14-21-15(2)13-16-9-7-8-12-19(16)21/h7-9,12,15,17-18,20H,3-6,10-11,13-14H2,1-2H3. The zero-order valence-corrected chi connectivity index (χ0v) is 13.6. The molecule has 1 heterocycles. The van der Waals surface area contributed by atoms with E-state index < -0.39 is 0 Å². The summed E-state index contributed by atoms with van der Waals surface area (Å²) < 4.78 is 0. The van der Waals surface area contributed by atoms with Crippen LogP contribution < -0.4 is 10.2 Å². The Morgan fingerprint density at radius 1 is 1.14 bits per heavy atom. The maximum absolute atomic E-state index is 3.76. The first-order chi connectivity index (χ1) is 10.3. The van der Waals surface area contributed by atoms with Crippen molar-refractivity contribution in [3.63, 3.8) is 0 Å². The third kappa shape index (κ3) is 3.26. The molecule has 1 saturated carbocycles. The van der Waals surface area contributed by atoms with Crippen LogP contribution in [0.3, 0.4) is 0 Å². The van der Waals surface area contributed by atoms with Crippen molar-refractivity contribution < 1.29 is 0 Å². The predicted molar refractivity (Wildman–Crippen MR) is 91.0 cm³/mol. The number of hydrogen-bond donors (Lipinski definition) is 1. The number of anilines is 1. The third-order valence-corrected chi connectivity index (χ3v) is 5.41. The van der Waals surface area contributed by atoms with Crippen molar-refractivity contribution >= 4 is 5.69 Å². The summed E-state index contributed by atoms with van der Waals surface area (Å²) in [7, 11) is 0. The fourth-order valence-electron chi connectivity index (χ4n) is 4.29. The SMILES string of the molecule is CCNC1CCCCCC1CN1c2ccccc2CC1C. The van der Waals surface area contributed by atoms with Crippen LogP contribution in [-0.4, -0.2) is 25.2 Å². The molecule has 0 bridgehead atoms. The average molecular weight is 286 g/mol. The van der Waals surface area contributed by atoms with Crippen LogP contribution in [0.15, 0.2) is 24.3 Å². The van der Waals surface area contributed by atoms with E-state index >= 15 is 0 Å². The number of benzene rings is 1. The van der Waals surface area contributed by atoms with Gasteiger partial charge < -0.3 is 10.2 Å². The van der Waals surface area contributed by atoms with Crippen LogP contribution in [0.4, 0.5) is 5.69 Å². The highest BCUT2D eigenvalue weighted by Gasteiger charge is 2.31. The second kappa shape index (κ2) is 6.83. The van der Waals surface area contributed by atoms with Crippen LogP contribution in [0.25, 0.3) is 0 Å². The summed E-state index contributed by atoms with van der Waals surface area (Å²) in [4.78, 5) is 2.68. The fourth-order valence-corrected chi connectivity index (χ4v) is 4.29. The first kappa shape index (κ1) is 14.9. The Morgan fingerprint density at radius 3 is 2.81 bits per heavy atom. The number of fused-ring (bicyclic) bond motifs is 1. The first-order valence-electron chi connectivity index (χ1n) is 8.87. The molecule has 3 unspecified atom stereocenters. The van der Waals surface area contributed by atoms with Gasteiger partial charge in [0.05, 0.1) is 0 Å². The van der Waals surface area contributed by atoms with Crippen LogP contribution in [-0.2, 0) is 6.42 Å². The molecule has 1 aliphatic heterocycles. The Hall–Kier alpha value is -1.02. The molecule has 2 nitrogen and oxygen atoms in total. The summed E-state index contributed by atoms with van der Waals surface area (Å²) in [5, 5.41) is 3.76. The van der Waals surface area contributed by atoms with Gasteiger partial charge >= 0.3 is 0 Å². The second-order valence-corrected chi connectivity index (χ2v) is 6.90. The fraction of sp³-hybridized carbons (Fsp3) is 0.684. The molecule has 0 spiro atoms. The molecule has 1 aromatic carbocycles. The molecule has 1 aromatic rings. The molecule has 3 atom stereocenters. The molecular weight excluding hydrogens is 256 g/mol. The minimum absolute atomic E-state index is 0.660. The summed E-state index contributed by atoms with van der Waals surface area (Å²) in [5.74, 6) is 0.807. The maximum atomic E-state index is 3.76. The summed E-state index contributed by atoms with van der Waals surface area (Å²) in [5.41, 5.74) is 3.03. The Bertz CT molecular complexity index is 457. The van der Waals surface area contributed by atoms with Gasteiger partial charge in [-0.3, -0.25) is 0 Å². The number of para-hydroxylation sites is 1. The molecule has 0 aromatic heterocycles. The zero-order chi connectivity index (χ0) is 14.7. The molecule has 0 saturated heterocycles. The van der Waals surface area contributed by atoms with Gasteiger partial charge in [0.25, 0.3) is 0 Å². The highest BCUT2D eigenvalue weighted by molar-refractivity contribution is 5.59. The highest BCUT2D eigenvalue weighted by atomic mass is 15.2. The summed E-state index contributed by atoms with van der Waals surface area (Å²) in [6.07, 6.45) is 8.21. The number of nitrogens with zero attached hydrogens (tertiary/aromatic N) is 1. The van der Waals surface area contributed by atoms with E-state index in [1.54, 1.807) is 5.56 Å². The second-order valence-electron chi connectivity index (χ2n) is 6.90. The molecule has 1 fully saturated rings. The Labute approximate surface area is 129 Å². The normalized spacial score (nSPS) is 29.2. The molecule has 2 aliphatic rings. The molecule has 2 heteroatoms. The Balaban J connectivity index is 1.74. The van der Waals surface area contributed by atoms with Crippen LogP contribution in [0.1, 0.15) is 51.5 Å². The first-order valence-corrected chi connectivity index (χ1v) is 8.87. The molecule has 3 rings (SSSR count). The van der Waals surface area contributed by atoms with Crippen LogP contribution in [0.5, 0.6) is 0 Å². The number of nitrogens with one attached hydrogen (secondary N) is 1.